The van der Waals surface area contributed by atoms with E-state index in [-0.39, 0.29) is 5.15 Å². The molecule has 0 radical (unpaired) electrons. The van der Waals surface area contributed by atoms with E-state index in [2.05, 4.69) is 4.98 Å². The molecule has 12 heavy (non-hydrogen) atoms. The molecule has 0 spiro atoms. The molecule has 1 aromatic heterocycles. The molecule has 0 N–H and O–H groups in total. The molecule has 1 aromatic rings. The summed E-state index contributed by atoms with van der Waals surface area (Å²) < 4.78 is 0. The van der Waals surface area contributed by atoms with Crippen LogP contribution in [0.5, 0.6) is 0 Å². The average molecular weight is 185 g/mol. The van der Waals surface area contributed by atoms with Crippen LogP contribution in [0.2, 0.25) is 5.15 Å². The first kappa shape index (κ1) is 9.00. The van der Waals surface area contributed by atoms with E-state index in [1.165, 1.54) is 0 Å². The van der Waals surface area contributed by atoms with Gasteiger partial charge in [-0.05, 0) is 12.1 Å². The maximum atomic E-state index is 10.4. The highest BCUT2D eigenvalue weighted by Gasteiger charge is 2.02. The van der Waals surface area contributed by atoms with E-state index >= 15 is 0 Å². The molecule has 3 nitrogen and oxygen atoms in total. The minimum Gasteiger partial charge on any atom is -0.363 e. The van der Waals surface area contributed by atoms with Gasteiger partial charge < -0.3 is 4.90 Å². The molecule has 0 aromatic carbocycles. The van der Waals surface area contributed by atoms with Crippen molar-refractivity contribution in [2.75, 3.05) is 19.0 Å². The molecule has 1 rings (SSSR count). The van der Waals surface area contributed by atoms with Gasteiger partial charge in [0.25, 0.3) is 0 Å². The molecule has 0 aliphatic heterocycles. The van der Waals surface area contributed by atoms with Gasteiger partial charge in [-0.15, -0.1) is 0 Å². The SMILES string of the molecule is CN(C)c1ccc(C=O)c(Cl)n1. The zero-order chi connectivity index (χ0) is 9.14. The van der Waals surface area contributed by atoms with Gasteiger partial charge in [-0.2, -0.15) is 0 Å². The lowest BCUT2D eigenvalue weighted by molar-refractivity contribution is 0.112. The fourth-order valence-electron chi connectivity index (χ4n) is 0.772. The fourth-order valence-corrected chi connectivity index (χ4v) is 0.967. The van der Waals surface area contributed by atoms with Crippen LogP contribution in [0.15, 0.2) is 12.1 Å². The third-order valence-corrected chi connectivity index (χ3v) is 1.75. The summed E-state index contributed by atoms with van der Waals surface area (Å²) in [7, 11) is 3.72. The number of aromatic nitrogens is 1. The van der Waals surface area contributed by atoms with Gasteiger partial charge in [-0.3, -0.25) is 4.79 Å². The molecular formula is C8H9ClN2O. The highest BCUT2D eigenvalue weighted by Crippen LogP contribution is 2.15. The maximum Gasteiger partial charge on any atom is 0.153 e. The summed E-state index contributed by atoms with van der Waals surface area (Å²) >= 11 is 5.70. The number of carbonyl (C=O) groups excluding carboxylic acids is 1. The summed E-state index contributed by atoms with van der Waals surface area (Å²) in [6, 6.07) is 3.40. The van der Waals surface area contributed by atoms with Crippen molar-refractivity contribution in [3.63, 3.8) is 0 Å². The van der Waals surface area contributed by atoms with Crippen molar-refractivity contribution in [2.45, 2.75) is 0 Å². The monoisotopic (exact) mass is 184 g/mol. The van der Waals surface area contributed by atoms with Crippen LogP contribution in [0.3, 0.4) is 0 Å². The van der Waals surface area contributed by atoms with Gasteiger partial charge in [0, 0.05) is 14.1 Å². The van der Waals surface area contributed by atoms with Crippen LogP contribution in [0, 0.1) is 0 Å². The summed E-state index contributed by atoms with van der Waals surface area (Å²) in [4.78, 5) is 16.2. The minimum absolute atomic E-state index is 0.246. The van der Waals surface area contributed by atoms with Crippen molar-refractivity contribution in [3.05, 3.63) is 22.8 Å². The van der Waals surface area contributed by atoms with Crippen molar-refractivity contribution in [2.24, 2.45) is 0 Å². The van der Waals surface area contributed by atoms with Crippen LogP contribution in [0.1, 0.15) is 10.4 Å². The molecule has 0 aliphatic carbocycles. The Morgan fingerprint density at radius 1 is 1.50 bits per heavy atom. The quantitative estimate of drug-likeness (QED) is 0.517. The molecular weight excluding hydrogens is 176 g/mol. The standard InChI is InChI=1S/C8H9ClN2O/c1-11(2)7-4-3-6(5-12)8(9)10-7/h3-5H,1-2H3. The first-order valence-electron chi connectivity index (χ1n) is 3.44. The lowest BCUT2D eigenvalue weighted by Gasteiger charge is -2.10. The average Bonchev–Trinajstić information content (AvgIpc) is 2.04. The second-order valence-electron chi connectivity index (χ2n) is 2.56. The van der Waals surface area contributed by atoms with Gasteiger partial charge in [0.1, 0.15) is 11.0 Å². The van der Waals surface area contributed by atoms with Crippen molar-refractivity contribution < 1.29 is 4.79 Å². The number of hydrogen-bond acceptors (Lipinski definition) is 3. The Bertz CT molecular complexity index is 299. The minimum atomic E-state index is 0.246. The number of nitrogens with zero attached hydrogens (tertiary/aromatic N) is 2. The van der Waals surface area contributed by atoms with Gasteiger partial charge in [0.05, 0.1) is 5.56 Å². The topological polar surface area (TPSA) is 33.2 Å². The van der Waals surface area contributed by atoms with Crippen LogP contribution in [0.4, 0.5) is 5.82 Å². The smallest absolute Gasteiger partial charge is 0.153 e. The molecule has 4 heteroatoms. The molecule has 0 unspecified atom stereocenters. The summed E-state index contributed by atoms with van der Waals surface area (Å²) in [6.45, 7) is 0. The zero-order valence-corrected chi connectivity index (χ0v) is 7.67. The predicted octanol–water partition coefficient (Wildman–Crippen LogP) is 1.61. The molecule has 0 amide bonds. The Morgan fingerprint density at radius 2 is 2.17 bits per heavy atom. The first-order chi connectivity index (χ1) is 5.65. The number of pyridine rings is 1. The van der Waals surface area contributed by atoms with E-state index in [9.17, 15) is 4.79 Å². The third kappa shape index (κ3) is 1.74. The van der Waals surface area contributed by atoms with Gasteiger partial charge in [-0.1, -0.05) is 11.6 Å². The van der Waals surface area contributed by atoms with E-state index in [1.807, 2.05) is 19.0 Å². The first-order valence-corrected chi connectivity index (χ1v) is 3.82. The highest BCUT2D eigenvalue weighted by molar-refractivity contribution is 6.31. The largest absolute Gasteiger partial charge is 0.363 e. The number of rotatable bonds is 2. The van der Waals surface area contributed by atoms with E-state index in [1.54, 1.807) is 12.1 Å². The number of halogens is 1. The van der Waals surface area contributed by atoms with Crippen molar-refractivity contribution in [1.29, 1.82) is 0 Å². The summed E-state index contributed by atoms with van der Waals surface area (Å²) in [5.74, 6) is 0.741. The molecule has 0 saturated heterocycles. The lowest BCUT2D eigenvalue weighted by Crippen LogP contribution is -2.10. The number of aldehydes is 1. The molecule has 0 bridgehead atoms. The van der Waals surface area contributed by atoms with Crippen LogP contribution in [0.25, 0.3) is 0 Å². The van der Waals surface area contributed by atoms with Crippen molar-refractivity contribution >= 4 is 23.7 Å². The Balaban J connectivity index is 3.10. The van der Waals surface area contributed by atoms with E-state index in [0.29, 0.717) is 11.8 Å². The molecule has 0 aliphatic rings. The Morgan fingerprint density at radius 3 is 2.58 bits per heavy atom. The zero-order valence-electron chi connectivity index (χ0n) is 6.91. The summed E-state index contributed by atoms with van der Waals surface area (Å²) in [5, 5.41) is 0.246. The normalized spacial score (nSPS) is 9.58. The Labute approximate surface area is 76.0 Å². The van der Waals surface area contributed by atoms with Gasteiger partial charge >= 0.3 is 0 Å². The Kier molecular flexibility index (Phi) is 2.65. The van der Waals surface area contributed by atoms with Crippen LogP contribution in [-0.4, -0.2) is 25.4 Å². The Hall–Kier alpha value is -1.09. The second-order valence-corrected chi connectivity index (χ2v) is 2.92. The van der Waals surface area contributed by atoms with E-state index in [0.717, 1.165) is 5.82 Å². The number of carbonyl (C=O) groups is 1. The second kappa shape index (κ2) is 3.54. The molecule has 0 fully saturated rings. The molecule has 0 saturated carbocycles. The van der Waals surface area contributed by atoms with E-state index < -0.39 is 0 Å². The molecule has 0 atom stereocenters. The number of anilines is 1. The van der Waals surface area contributed by atoms with Gasteiger partial charge in [0.2, 0.25) is 0 Å². The maximum absolute atomic E-state index is 10.4. The van der Waals surface area contributed by atoms with Crippen LogP contribution >= 0.6 is 11.6 Å². The summed E-state index contributed by atoms with van der Waals surface area (Å²) in [5.41, 5.74) is 0.419. The van der Waals surface area contributed by atoms with E-state index in [4.69, 9.17) is 11.6 Å². The van der Waals surface area contributed by atoms with Gasteiger partial charge in [-0.25, -0.2) is 4.98 Å². The van der Waals surface area contributed by atoms with Gasteiger partial charge in [0.15, 0.2) is 6.29 Å². The fraction of sp³-hybridized carbons (Fsp3) is 0.250. The molecule has 64 valence electrons. The molecule has 1 heterocycles. The predicted molar refractivity (Wildman–Crippen MR) is 49.0 cm³/mol. The van der Waals surface area contributed by atoms with Crippen molar-refractivity contribution in [3.8, 4) is 0 Å². The lowest BCUT2D eigenvalue weighted by atomic mass is 10.3. The summed E-state index contributed by atoms with van der Waals surface area (Å²) in [6.07, 6.45) is 0.689. The van der Waals surface area contributed by atoms with Crippen LogP contribution < -0.4 is 4.90 Å². The van der Waals surface area contributed by atoms with Crippen LogP contribution in [-0.2, 0) is 0 Å². The number of hydrogen-bond donors (Lipinski definition) is 0. The highest BCUT2D eigenvalue weighted by atomic mass is 35.5. The third-order valence-electron chi connectivity index (χ3n) is 1.45. The van der Waals surface area contributed by atoms with Crippen molar-refractivity contribution in [1.82, 2.24) is 4.98 Å².